The van der Waals surface area contributed by atoms with Crippen molar-refractivity contribution in [3.05, 3.63) is 83.4 Å². The first kappa shape index (κ1) is 33.0. The van der Waals surface area contributed by atoms with E-state index in [9.17, 15) is 8.42 Å². The molecule has 5 aromatic rings. The molecule has 2 heterocycles. The highest BCUT2D eigenvalue weighted by Crippen LogP contribution is 2.27. The summed E-state index contributed by atoms with van der Waals surface area (Å²) in [6, 6.07) is 19.7. The molecular formula is C26H21Cl2N9O7S2. The van der Waals surface area contributed by atoms with Gasteiger partial charge >= 0.3 is 6.01 Å². The first-order chi connectivity index (χ1) is 22.2. The smallest absolute Gasteiger partial charge is 0.328 e. The molecule has 0 saturated carbocycles. The fourth-order valence-corrected chi connectivity index (χ4v) is 4.85. The maximum absolute atomic E-state index is 11.8. The summed E-state index contributed by atoms with van der Waals surface area (Å²) in [5.41, 5.74) is 1.78. The van der Waals surface area contributed by atoms with Crippen LogP contribution in [0.4, 0.5) is 34.9 Å². The third kappa shape index (κ3) is 9.31. The number of hydrogen-bond acceptors (Lipinski definition) is 17. The van der Waals surface area contributed by atoms with E-state index in [0.29, 0.717) is 22.8 Å². The molecule has 20 heteroatoms. The minimum Gasteiger partial charge on any atom is -0.424 e. The van der Waals surface area contributed by atoms with Gasteiger partial charge in [-0.15, -0.1) is 4.33 Å². The first-order valence-electron chi connectivity index (χ1n) is 12.7. The lowest BCUT2D eigenvalue weighted by Crippen LogP contribution is -2.05. The van der Waals surface area contributed by atoms with Crippen molar-refractivity contribution in [2.45, 2.75) is 9.79 Å². The number of benzene rings is 3. The van der Waals surface area contributed by atoms with Gasteiger partial charge in [-0.25, -0.2) is 4.89 Å². The van der Waals surface area contributed by atoms with Crippen LogP contribution in [0.3, 0.4) is 0 Å². The Hall–Kier alpha value is -4.40. The second-order valence-electron chi connectivity index (χ2n) is 8.52. The van der Waals surface area contributed by atoms with Crippen LogP contribution in [0.15, 0.2) is 82.6 Å². The largest absolute Gasteiger partial charge is 0.424 e. The van der Waals surface area contributed by atoms with Gasteiger partial charge in [0, 0.05) is 22.0 Å². The lowest BCUT2D eigenvalue weighted by atomic mass is 10.3. The van der Waals surface area contributed by atoms with E-state index in [1.165, 1.54) is 31.4 Å². The molecule has 3 N–H and O–H groups in total. The number of halogens is 2. The van der Waals surface area contributed by atoms with Crippen LogP contribution in [-0.2, 0) is 28.6 Å². The quantitative estimate of drug-likeness (QED) is 0.0386. The molecule has 3 aromatic carbocycles. The van der Waals surface area contributed by atoms with Gasteiger partial charge in [-0.2, -0.15) is 38.3 Å². The van der Waals surface area contributed by atoms with Crippen molar-refractivity contribution in [3.63, 3.8) is 0 Å². The van der Waals surface area contributed by atoms with Crippen molar-refractivity contribution < 1.29 is 31.6 Å². The van der Waals surface area contributed by atoms with Gasteiger partial charge in [0.1, 0.15) is 5.75 Å². The highest BCUT2D eigenvalue weighted by atomic mass is 35.5. The minimum atomic E-state index is -3.81. The molecule has 238 valence electrons. The fourth-order valence-electron chi connectivity index (χ4n) is 3.47. The number of nitrogens with one attached hydrogen (secondary N) is 3. The number of ether oxygens (including phenoxy) is 1. The maximum Gasteiger partial charge on any atom is 0.328 e. The zero-order valence-electron chi connectivity index (χ0n) is 23.5. The minimum absolute atomic E-state index is 0.00412. The highest BCUT2D eigenvalue weighted by molar-refractivity contribution is 7.94. The second-order valence-corrected chi connectivity index (χ2v) is 11.7. The van der Waals surface area contributed by atoms with Crippen molar-refractivity contribution >= 4 is 80.3 Å². The van der Waals surface area contributed by atoms with Crippen LogP contribution in [0, 0.1) is 0 Å². The number of anilines is 6. The zero-order chi connectivity index (χ0) is 32.5. The third-order valence-corrected chi connectivity index (χ3v) is 7.69. The Bertz CT molecular complexity index is 1890. The Balaban J connectivity index is 1.20. The number of rotatable bonds is 14. The van der Waals surface area contributed by atoms with Crippen LogP contribution in [0.1, 0.15) is 0 Å². The zero-order valence-corrected chi connectivity index (χ0v) is 26.7. The molecule has 0 atom stereocenters. The molecule has 0 unspecified atom stereocenters. The van der Waals surface area contributed by atoms with Crippen molar-refractivity contribution in [3.8, 4) is 11.8 Å². The molecule has 0 radical (unpaired) electrons. The second kappa shape index (κ2) is 15.3. The van der Waals surface area contributed by atoms with Gasteiger partial charge in [0.25, 0.3) is 10.1 Å². The average Bonchev–Trinajstić information content (AvgIpc) is 3.03. The fraction of sp³-hybridized carbons (Fsp3) is 0.0769. The molecule has 0 amide bonds. The van der Waals surface area contributed by atoms with E-state index < -0.39 is 10.1 Å². The van der Waals surface area contributed by atoms with Crippen molar-refractivity contribution in [1.82, 2.24) is 29.9 Å². The molecule has 0 spiro atoms. The molecule has 0 saturated heterocycles. The molecule has 16 nitrogen and oxygen atoms in total. The standard InChI is InChI=1S/C26H21Cl2N9O7S2/c1-40-43-44-45-19-11-9-18(10-12-19)42-26-35-22(28)34-25(37-26)31-16-5-3-15(4-6-16)29-23-32-21(27)33-24(36-23)30-17-7-13-20(14-8-17)46(38,39)41-2/h3-14H,1-2H3,(H,31,34,35,37)(H2,29,30,32,33,36). The van der Waals surface area contributed by atoms with E-state index in [4.69, 9.17) is 32.3 Å². The normalized spacial score (nSPS) is 11.2. The summed E-state index contributed by atoms with van der Waals surface area (Å²) in [7, 11) is -1.40. The van der Waals surface area contributed by atoms with Gasteiger partial charge in [-0.3, -0.25) is 4.18 Å². The van der Waals surface area contributed by atoms with Gasteiger partial charge < -0.3 is 20.7 Å². The molecular weight excluding hydrogens is 685 g/mol. The predicted octanol–water partition coefficient (Wildman–Crippen LogP) is 6.24. The van der Waals surface area contributed by atoms with Crippen molar-refractivity contribution in [2.24, 2.45) is 0 Å². The Kier molecular flexibility index (Phi) is 10.9. The summed E-state index contributed by atoms with van der Waals surface area (Å²) >= 11 is 13.2. The maximum atomic E-state index is 11.8. The van der Waals surface area contributed by atoms with Gasteiger partial charge in [0.05, 0.1) is 31.2 Å². The van der Waals surface area contributed by atoms with E-state index in [1.807, 2.05) is 0 Å². The van der Waals surface area contributed by atoms with Crippen molar-refractivity contribution in [2.75, 3.05) is 30.2 Å². The summed E-state index contributed by atoms with van der Waals surface area (Å²) < 4.78 is 38.7. The molecule has 0 aliphatic rings. The number of hydrogen-bond donors (Lipinski definition) is 3. The van der Waals surface area contributed by atoms with Crippen LogP contribution < -0.4 is 20.7 Å². The van der Waals surface area contributed by atoms with E-state index in [-0.39, 0.29) is 39.3 Å². The molecule has 46 heavy (non-hydrogen) atoms. The summed E-state index contributed by atoms with van der Waals surface area (Å²) in [6.07, 6.45) is 0. The number of nitrogens with zero attached hydrogens (tertiary/aromatic N) is 6. The lowest BCUT2D eigenvalue weighted by Gasteiger charge is -2.10. The predicted molar refractivity (Wildman–Crippen MR) is 168 cm³/mol. The van der Waals surface area contributed by atoms with Crippen molar-refractivity contribution in [1.29, 1.82) is 0 Å². The number of aromatic nitrogens is 6. The van der Waals surface area contributed by atoms with Crippen LogP contribution >= 0.6 is 35.2 Å². The summed E-state index contributed by atoms with van der Waals surface area (Å²) in [5, 5.41) is 13.3. The monoisotopic (exact) mass is 705 g/mol. The SMILES string of the molecule is COOOSc1ccc(Oc2nc(Cl)nc(Nc3ccc(Nc4nc(Cl)nc(Nc5ccc(S(=O)(=O)OC)cc5)n4)cc3)n2)cc1. The van der Waals surface area contributed by atoms with E-state index in [1.54, 1.807) is 48.5 Å². The first-order valence-corrected chi connectivity index (χ1v) is 15.6. The van der Waals surface area contributed by atoms with Gasteiger partial charge in [0.15, 0.2) is 0 Å². The average molecular weight is 707 g/mol. The molecule has 0 aliphatic carbocycles. The Morgan fingerprint density at radius 3 is 1.67 bits per heavy atom. The van der Waals surface area contributed by atoms with Crippen LogP contribution in [0.25, 0.3) is 0 Å². The van der Waals surface area contributed by atoms with Gasteiger partial charge in [0.2, 0.25) is 28.4 Å². The van der Waals surface area contributed by atoms with E-state index >= 15 is 0 Å². The Morgan fingerprint density at radius 2 is 1.15 bits per heavy atom. The van der Waals surface area contributed by atoms with Gasteiger partial charge in [-0.1, -0.05) is 5.04 Å². The summed E-state index contributed by atoms with van der Waals surface area (Å²) in [5.74, 6) is 0.900. The molecule has 0 aliphatic heterocycles. The van der Waals surface area contributed by atoms with Crippen LogP contribution in [0.5, 0.6) is 11.8 Å². The molecule has 0 bridgehead atoms. The summed E-state index contributed by atoms with van der Waals surface area (Å²) in [4.78, 5) is 30.0. The topological polar surface area (TPSA) is 194 Å². The van der Waals surface area contributed by atoms with Crippen LogP contribution in [0.2, 0.25) is 10.6 Å². The molecule has 2 aromatic heterocycles. The Morgan fingerprint density at radius 1 is 0.652 bits per heavy atom. The highest BCUT2D eigenvalue weighted by Gasteiger charge is 2.13. The van der Waals surface area contributed by atoms with Gasteiger partial charge in [-0.05, 0) is 96.0 Å². The van der Waals surface area contributed by atoms with E-state index in [2.05, 4.69) is 60.0 Å². The van der Waals surface area contributed by atoms with E-state index in [0.717, 1.165) is 24.0 Å². The van der Waals surface area contributed by atoms with Crippen LogP contribution in [-0.4, -0.2) is 52.5 Å². The summed E-state index contributed by atoms with van der Waals surface area (Å²) in [6.45, 7) is 0. The Labute approximate surface area is 276 Å². The third-order valence-electron chi connectivity index (χ3n) is 5.47. The molecule has 0 fully saturated rings. The molecule has 5 rings (SSSR count). The lowest BCUT2D eigenvalue weighted by molar-refractivity contribution is -0.447.